The predicted molar refractivity (Wildman–Crippen MR) is 74.5 cm³/mol. The number of ether oxygens (including phenoxy) is 1. The zero-order valence-corrected chi connectivity index (χ0v) is 11.0. The molecule has 1 aromatic carbocycles. The lowest BCUT2D eigenvalue weighted by Crippen LogP contribution is -2.03. The Balaban J connectivity index is 2.31. The summed E-state index contributed by atoms with van der Waals surface area (Å²) < 4.78 is 18.9. The third-order valence-electron chi connectivity index (χ3n) is 2.39. The first kappa shape index (κ1) is 13.4. The van der Waals surface area contributed by atoms with Crippen LogP contribution in [0, 0.1) is 5.82 Å². The summed E-state index contributed by atoms with van der Waals surface area (Å²) in [5.74, 6) is 0.258. The zero-order valence-electron chi connectivity index (χ0n) is 10.3. The van der Waals surface area contributed by atoms with Gasteiger partial charge in [-0.1, -0.05) is 17.7 Å². The number of nitrogens with two attached hydrogens (primary N) is 1. The molecule has 3 N–H and O–H groups in total. The van der Waals surface area contributed by atoms with Crippen molar-refractivity contribution in [3.8, 4) is 5.88 Å². The molecule has 0 aliphatic heterocycles. The van der Waals surface area contributed by atoms with Crippen molar-refractivity contribution < 1.29 is 9.13 Å². The number of pyridine rings is 1. The van der Waals surface area contributed by atoms with E-state index in [0.717, 1.165) is 0 Å². The van der Waals surface area contributed by atoms with Crippen LogP contribution in [0.25, 0.3) is 0 Å². The van der Waals surface area contributed by atoms with Gasteiger partial charge in [-0.2, -0.15) is 4.98 Å². The lowest BCUT2D eigenvalue weighted by molar-refractivity contribution is 0.329. The Morgan fingerprint density at radius 2 is 2.16 bits per heavy atom. The minimum atomic E-state index is -0.455. The highest BCUT2D eigenvalue weighted by Gasteiger charge is 2.09. The highest BCUT2D eigenvalue weighted by molar-refractivity contribution is 6.33. The average molecular weight is 282 g/mol. The first-order chi connectivity index (χ1) is 9.11. The topological polar surface area (TPSA) is 60.2 Å². The Labute approximate surface area is 115 Å². The van der Waals surface area contributed by atoms with Gasteiger partial charge in [0.1, 0.15) is 11.6 Å². The number of hydrogen-bond donors (Lipinski definition) is 2. The fourth-order valence-electron chi connectivity index (χ4n) is 1.52. The van der Waals surface area contributed by atoms with Crippen molar-refractivity contribution in [2.75, 3.05) is 17.7 Å². The summed E-state index contributed by atoms with van der Waals surface area (Å²) in [6.45, 7) is 2.27. The molecule has 0 unspecified atom stereocenters. The van der Waals surface area contributed by atoms with Crippen LogP contribution in [-0.4, -0.2) is 11.6 Å². The molecule has 1 heterocycles. The van der Waals surface area contributed by atoms with Crippen LogP contribution in [0.15, 0.2) is 30.3 Å². The Hall–Kier alpha value is -2.01. The Bertz CT molecular complexity index is 572. The van der Waals surface area contributed by atoms with Gasteiger partial charge in [0.15, 0.2) is 0 Å². The molecule has 4 nitrogen and oxygen atoms in total. The molecule has 0 atom stereocenters. The van der Waals surface area contributed by atoms with Gasteiger partial charge >= 0.3 is 0 Å². The summed E-state index contributed by atoms with van der Waals surface area (Å²) in [5, 5.41) is 3.09. The van der Waals surface area contributed by atoms with Crippen molar-refractivity contribution in [3.63, 3.8) is 0 Å². The van der Waals surface area contributed by atoms with E-state index in [1.807, 2.05) is 6.92 Å². The van der Waals surface area contributed by atoms with Crippen LogP contribution in [0.2, 0.25) is 5.02 Å². The van der Waals surface area contributed by atoms with Gasteiger partial charge in [-0.25, -0.2) is 4.39 Å². The van der Waals surface area contributed by atoms with Gasteiger partial charge in [-0.15, -0.1) is 0 Å². The van der Waals surface area contributed by atoms with Crippen LogP contribution in [0.4, 0.5) is 21.6 Å². The van der Waals surface area contributed by atoms with E-state index in [9.17, 15) is 4.39 Å². The standard InChI is InChI=1S/C13H13ClFN3O/c1-2-19-13-10(16)6-7-11(18-13)17-12-8(14)4-3-5-9(12)15/h3-7H,2,16H2,1H3,(H,17,18). The number of para-hydroxylation sites is 1. The first-order valence-electron chi connectivity index (χ1n) is 5.72. The summed E-state index contributed by atoms with van der Waals surface area (Å²) in [6.07, 6.45) is 0. The van der Waals surface area contributed by atoms with Crippen molar-refractivity contribution in [3.05, 3.63) is 41.2 Å². The third-order valence-corrected chi connectivity index (χ3v) is 2.70. The molecule has 0 saturated heterocycles. The van der Waals surface area contributed by atoms with Crippen LogP contribution in [0.1, 0.15) is 6.92 Å². The molecule has 0 saturated carbocycles. The highest BCUT2D eigenvalue weighted by Crippen LogP contribution is 2.29. The maximum atomic E-state index is 13.6. The summed E-state index contributed by atoms with van der Waals surface area (Å²) in [7, 11) is 0. The molecule has 100 valence electrons. The molecular formula is C13H13ClFN3O. The molecule has 0 aliphatic rings. The lowest BCUT2D eigenvalue weighted by Gasteiger charge is -2.11. The minimum Gasteiger partial charge on any atom is -0.476 e. The smallest absolute Gasteiger partial charge is 0.239 e. The van der Waals surface area contributed by atoms with Crippen LogP contribution in [0.3, 0.4) is 0 Å². The van der Waals surface area contributed by atoms with E-state index >= 15 is 0 Å². The van der Waals surface area contributed by atoms with Gasteiger partial charge in [0.05, 0.1) is 23.0 Å². The third kappa shape index (κ3) is 3.06. The molecule has 0 spiro atoms. The Kier molecular flexibility index (Phi) is 4.06. The van der Waals surface area contributed by atoms with Crippen molar-refractivity contribution in [2.45, 2.75) is 6.92 Å². The van der Waals surface area contributed by atoms with Gasteiger partial charge in [-0.3, -0.25) is 0 Å². The number of rotatable bonds is 4. The summed E-state index contributed by atoms with van der Waals surface area (Å²) in [5.41, 5.74) is 6.31. The van der Waals surface area contributed by atoms with E-state index in [0.29, 0.717) is 24.0 Å². The molecule has 0 radical (unpaired) electrons. The molecule has 0 fully saturated rings. The van der Waals surface area contributed by atoms with E-state index in [1.165, 1.54) is 12.1 Å². The lowest BCUT2D eigenvalue weighted by atomic mass is 10.3. The Morgan fingerprint density at radius 1 is 1.37 bits per heavy atom. The van der Waals surface area contributed by atoms with Crippen LogP contribution in [0.5, 0.6) is 5.88 Å². The monoisotopic (exact) mass is 281 g/mol. The van der Waals surface area contributed by atoms with Gasteiger partial charge < -0.3 is 15.8 Å². The second-order valence-corrected chi connectivity index (χ2v) is 4.15. The first-order valence-corrected chi connectivity index (χ1v) is 6.10. The number of anilines is 3. The van der Waals surface area contributed by atoms with Gasteiger partial charge in [0.2, 0.25) is 5.88 Å². The van der Waals surface area contributed by atoms with Crippen molar-refractivity contribution in [1.29, 1.82) is 0 Å². The fraction of sp³-hybridized carbons (Fsp3) is 0.154. The summed E-state index contributed by atoms with van der Waals surface area (Å²) >= 11 is 5.93. The molecule has 19 heavy (non-hydrogen) atoms. The van der Waals surface area contributed by atoms with E-state index in [4.69, 9.17) is 22.1 Å². The maximum Gasteiger partial charge on any atom is 0.239 e. The number of nitrogens with one attached hydrogen (secondary N) is 1. The average Bonchev–Trinajstić information content (AvgIpc) is 2.38. The second kappa shape index (κ2) is 5.75. The zero-order chi connectivity index (χ0) is 13.8. The van der Waals surface area contributed by atoms with Crippen LogP contribution in [-0.2, 0) is 0 Å². The SMILES string of the molecule is CCOc1nc(Nc2c(F)cccc2Cl)ccc1N. The fourth-order valence-corrected chi connectivity index (χ4v) is 1.73. The molecule has 1 aromatic heterocycles. The van der Waals surface area contributed by atoms with Crippen LogP contribution < -0.4 is 15.8 Å². The summed E-state index contributed by atoms with van der Waals surface area (Å²) in [4.78, 5) is 4.16. The van der Waals surface area contributed by atoms with Gasteiger partial charge in [0, 0.05) is 0 Å². The molecule has 0 bridgehead atoms. The minimum absolute atomic E-state index is 0.170. The quantitative estimate of drug-likeness (QED) is 0.899. The largest absolute Gasteiger partial charge is 0.476 e. The van der Waals surface area contributed by atoms with E-state index in [1.54, 1.807) is 18.2 Å². The molecule has 6 heteroatoms. The number of benzene rings is 1. The highest BCUT2D eigenvalue weighted by atomic mass is 35.5. The summed E-state index contributed by atoms with van der Waals surface area (Å²) in [6, 6.07) is 7.70. The number of aromatic nitrogens is 1. The molecular weight excluding hydrogens is 269 g/mol. The number of nitrogens with zero attached hydrogens (tertiary/aromatic N) is 1. The molecule has 2 rings (SSSR count). The second-order valence-electron chi connectivity index (χ2n) is 3.75. The van der Waals surface area contributed by atoms with Gasteiger partial charge in [-0.05, 0) is 31.2 Å². The number of halogens is 2. The van der Waals surface area contributed by atoms with E-state index in [2.05, 4.69) is 10.3 Å². The van der Waals surface area contributed by atoms with Crippen molar-refractivity contribution >= 4 is 28.8 Å². The van der Waals surface area contributed by atoms with Crippen molar-refractivity contribution in [1.82, 2.24) is 4.98 Å². The van der Waals surface area contributed by atoms with Crippen molar-refractivity contribution in [2.24, 2.45) is 0 Å². The van der Waals surface area contributed by atoms with Gasteiger partial charge in [0.25, 0.3) is 0 Å². The van der Waals surface area contributed by atoms with E-state index in [-0.39, 0.29) is 10.7 Å². The Morgan fingerprint density at radius 3 is 2.84 bits per heavy atom. The van der Waals surface area contributed by atoms with Crippen LogP contribution >= 0.6 is 11.6 Å². The van der Waals surface area contributed by atoms with E-state index < -0.39 is 5.82 Å². The normalized spacial score (nSPS) is 10.3. The molecule has 2 aromatic rings. The molecule has 0 amide bonds. The number of nitrogen functional groups attached to an aromatic ring is 1. The number of hydrogen-bond acceptors (Lipinski definition) is 4. The molecule has 0 aliphatic carbocycles. The maximum absolute atomic E-state index is 13.6. The predicted octanol–water partition coefficient (Wildman–Crippen LogP) is 3.60.